The van der Waals surface area contributed by atoms with Crippen LogP contribution in [0.4, 0.5) is 0 Å². The van der Waals surface area contributed by atoms with Gasteiger partial charge in [-0.25, -0.2) is 8.42 Å². The normalized spacial score (nSPS) is 28.9. The molecule has 0 bridgehead atoms. The number of rotatable bonds is 2. The quantitative estimate of drug-likeness (QED) is 0.735. The Morgan fingerprint density at radius 3 is 1.60 bits per heavy atom. The summed E-state index contributed by atoms with van der Waals surface area (Å²) in [5.41, 5.74) is 0. The number of hydrogen-bond acceptors (Lipinski definition) is 6. The van der Waals surface area contributed by atoms with Crippen molar-refractivity contribution in [2.24, 2.45) is 0 Å². The summed E-state index contributed by atoms with van der Waals surface area (Å²) in [7, 11) is -3.08. The lowest BCUT2D eigenvalue weighted by atomic mass is 10.4. The van der Waals surface area contributed by atoms with E-state index in [0.717, 1.165) is 23.5 Å². The van der Waals surface area contributed by atoms with E-state index in [1.54, 1.807) is 0 Å². The molecule has 1 heterocycles. The molecule has 1 rings (SSSR count). The molecule has 0 aromatic carbocycles. The lowest BCUT2D eigenvalue weighted by Crippen LogP contribution is -2.20. The number of sulfone groups is 1. The Balaban J connectivity index is 2.74. The van der Waals surface area contributed by atoms with E-state index >= 15 is 0 Å². The largest absolute Gasteiger partial charge is 0.288 e. The molecule has 1 aliphatic rings. The van der Waals surface area contributed by atoms with Crippen LogP contribution < -0.4 is 0 Å². The summed E-state index contributed by atoms with van der Waals surface area (Å²) in [6.45, 7) is 2.82. The molecule has 15 heavy (non-hydrogen) atoms. The van der Waals surface area contributed by atoms with E-state index in [2.05, 4.69) is 0 Å². The second-order valence-electron chi connectivity index (χ2n) is 3.37. The molecule has 2 atom stereocenters. The van der Waals surface area contributed by atoms with E-state index in [4.69, 9.17) is 0 Å². The van der Waals surface area contributed by atoms with Gasteiger partial charge in [0.2, 0.25) is 0 Å². The number of hydrogen-bond donors (Lipinski definition) is 0. The summed E-state index contributed by atoms with van der Waals surface area (Å²) in [5, 5.41) is -0.764. The Bertz CT molecular complexity index is 343. The van der Waals surface area contributed by atoms with E-state index in [1.807, 2.05) is 0 Å². The standard InChI is InChI=1S/C8H12O4S3/c1-5(9)13-7-3-15(11,12)4-8(7)14-6(2)10/h7-8H,3-4H2,1-2H3. The van der Waals surface area contributed by atoms with Gasteiger partial charge in [0, 0.05) is 24.3 Å². The highest BCUT2D eigenvalue weighted by Gasteiger charge is 2.39. The van der Waals surface area contributed by atoms with Crippen LogP contribution in [0.2, 0.25) is 0 Å². The highest BCUT2D eigenvalue weighted by molar-refractivity contribution is 8.18. The summed E-state index contributed by atoms with van der Waals surface area (Å²) in [6, 6.07) is 0. The zero-order valence-corrected chi connectivity index (χ0v) is 10.9. The first kappa shape index (κ1) is 13.1. The van der Waals surface area contributed by atoms with Crippen LogP contribution in [-0.2, 0) is 19.4 Å². The Morgan fingerprint density at radius 1 is 1.00 bits per heavy atom. The molecule has 7 heteroatoms. The number of carbonyl (C=O) groups is 2. The van der Waals surface area contributed by atoms with Crippen molar-refractivity contribution in [2.75, 3.05) is 11.5 Å². The molecule has 0 saturated carbocycles. The molecule has 4 nitrogen and oxygen atoms in total. The second kappa shape index (κ2) is 4.88. The van der Waals surface area contributed by atoms with Gasteiger partial charge in [-0.2, -0.15) is 0 Å². The highest BCUT2D eigenvalue weighted by atomic mass is 32.2. The van der Waals surface area contributed by atoms with Crippen molar-refractivity contribution < 1.29 is 18.0 Å². The van der Waals surface area contributed by atoms with Gasteiger partial charge in [0.1, 0.15) is 0 Å². The van der Waals surface area contributed by atoms with Crippen LogP contribution in [0.25, 0.3) is 0 Å². The summed E-state index contributed by atoms with van der Waals surface area (Å²) in [5.74, 6) is 0.00435. The average molecular weight is 268 g/mol. The van der Waals surface area contributed by atoms with E-state index in [1.165, 1.54) is 13.8 Å². The Kier molecular flexibility index (Phi) is 4.25. The molecule has 0 amide bonds. The zero-order valence-electron chi connectivity index (χ0n) is 8.43. The van der Waals surface area contributed by atoms with Gasteiger partial charge in [0.25, 0.3) is 0 Å². The third-order valence-corrected chi connectivity index (χ3v) is 6.47. The van der Waals surface area contributed by atoms with Crippen LogP contribution >= 0.6 is 23.5 Å². The summed E-state index contributed by atoms with van der Waals surface area (Å²) in [6.07, 6.45) is 0. The maximum atomic E-state index is 11.4. The first-order valence-corrected chi connectivity index (χ1v) is 7.93. The van der Waals surface area contributed by atoms with Gasteiger partial charge in [0.15, 0.2) is 20.1 Å². The predicted octanol–water partition coefficient (Wildman–Crippen LogP) is 0.711. The predicted molar refractivity (Wildman–Crippen MR) is 62.8 cm³/mol. The fourth-order valence-electron chi connectivity index (χ4n) is 1.43. The first-order chi connectivity index (χ1) is 6.80. The molecule has 86 valence electrons. The van der Waals surface area contributed by atoms with E-state index in [0.29, 0.717) is 0 Å². The van der Waals surface area contributed by atoms with Crippen molar-refractivity contribution in [1.29, 1.82) is 0 Å². The van der Waals surface area contributed by atoms with Gasteiger partial charge in [-0.15, -0.1) is 0 Å². The van der Waals surface area contributed by atoms with Crippen LogP contribution in [0.1, 0.15) is 13.8 Å². The lowest BCUT2D eigenvalue weighted by Gasteiger charge is -2.13. The van der Waals surface area contributed by atoms with Crippen molar-refractivity contribution >= 4 is 43.6 Å². The molecule has 1 aliphatic heterocycles. The van der Waals surface area contributed by atoms with Crippen LogP contribution in [0, 0.1) is 0 Å². The molecule has 1 saturated heterocycles. The van der Waals surface area contributed by atoms with E-state index in [9.17, 15) is 18.0 Å². The molecule has 0 N–H and O–H groups in total. The maximum absolute atomic E-state index is 11.4. The average Bonchev–Trinajstić information content (AvgIpc) is 2.22. The fourth-order valence-corrected chi connectivity index (χ4v) is 6.75. The van der Waals surface area contributed by atoms with Crippen molar-refractivity contribution in [3.05, 3.63) is 0 Å². The van der Waals surface area contributed by atoms with E-state index < -0.39 is 9.84 Å². The fraction of sp³-hybridized carbons (Fsp3) is 0.750. The molecular formula is C8H12O4S3. The third kappa shape index (κ3) is 4.16. The monoisotopic (exact) mass is 268 g/mol. The minimum absolute atomic E-state index is 0.00218. The van der Waals surface area contributed by atoms with Gasteiger partial charge < -0.3 is 0 Å². The van der Waals surface area contributed by atoms with Crippen LogP contribution in [-0.4, -0.2) is 40.7 Å². The molecule has 0 aromatic rings. The van der Waals surface area contributed by atoms with Gasteiger partial charge in [-0.05, 0) is 0 Å². The Morgan fingerprint density at radius 2 is 1.33 bits per heavy atom. The van der Waals surface area contributed by atoms with Crippen LogP contribution in [0.5, 0.6) is 0 Å². The smallest absolute Gasteiger partial charge is 0.186 e. The minimum Gasteiger partial charge on any atom is -0.288 e. The maximum Gasteiger partial charge on any atom is 0.186 e. The summed E-state index contributed by atoms with van der Waals surface area (Å²) >= 11 is 2.05. The molecule has 0 aromatic heterocycles. The molecule has 1 fully saturated rings. The van der Waals surface area contributed by atoms with Gasteiger partial charge >= 0.3 is 0 Å². The van der Waals surface area contributed by atoms with Gasteiger partial charge in [0.05, 0.1) is 11.5 Å². The van der Waals surface area contributed by atoms with Crippen molar-refractivity contribution in [3.63, 3.8) is 0 Å². The molecule has 0 aliphatic carbocycles. The third-order valence-electron chi connectivity index (χ3n) is 1.89. The van der Waals surface area contributed by atoms with E-state index in [-0.39, 0.29) is 32.2 Å². The van der Waals surface area contributed by atoms with Gasteiger partial charge in [-0.3, -0.25) is 9.59 Å². The molecule has 0 radical (unpaired) electrons. The SMILES string of the molecule is CC(=O)SC1CS(=O)(=O)CC1SC(C)=O. The summed E-state index contributed by atoms with van der Waals surface area (Å²) in [4.78, 5) is 21.8. The Hall–Kier alpha value is -0.0100. The molecule has 2 unspecified atom stereocenters. The summed E-state index contributed by atoms with van der Waals surface area (Å²) < 4.78 is 22.7. The zero-order chi connectivity index (χ0) is 11.6. The molecule has 0 spiro atoms. The number of carbonyl (C=O) groups excluding carboxylic acids is 2. The minimum atomic E-state index is -3.08. The van der Waals surface area contributed by atoms with Crippen LogP contribution in [0.15, 0.2) is 0 Å². The van der Waals surface area contributed by atoms with Crippen LogP contribution in [0.3, 0.4) is 0 Å². The van der Waals surface area contributed by atoms with Crippen molar-refractivity contribution in [2.45, 2.75) is 24.3 Å². The Labute approximate surface area is 97.5 Å². The first-order valence-electron chi connectivity index (χ1n) is 4.35. The lowest BCUT2D eigenvalue weighted by molar-refractivity contribution is -0.110. The number of thioether (sulfide) groups is 2. The molecular weight excluding hydrogens is 256 g/mol. The highest BCUT2D eigenvalue weighted by Crippen LogP contribution is 2.33. The second-order valence-corrected chi connectivity index (χ2v) is 8.36. The topological polar surface area (TPSA) is 68.3 Å². The van der Waals surface area contributed by atoms with Crippen molar-refractivity contribution in [1.82, 2.24) is 0 Å². The van der Waals surface area contributed by atoms with Gasteiger partial charge in [-0.1, -0.05) is 23.5 Å². The van der Waals surface area contributed by atoms with Crippen molar-refractivity contribution in [3.8, 4) is 0 Å².